The minimum atomic E-state index is -0.711. The molecule has 7 nitrogen and oxygen atoms in total. The lowest BCUT2D eigenvalue weighted by Crippen LogP contribution is -2.43. The Morgan fingerprint density at radius 3 is 2.12 bits per heavy atom. The molecular formula is C25H32N2O5. The number of amides is 2. The maximum Gasteiger partial charge on any atom is 0.408 e. The van der Waals surface area contributed by atoms with Gasteiger partial charge < -0.3 is 20.1 Å². The number of alkyl carbamates (subject to hydrolysis) is 2. The van der Waals surface area contributed by atoms with Crippen LogP contribution in [0.15, 0.2) is 60.7 Å². The van der Waals surface area contributed by atoms with Crippen molar-refractivity contribution in [2.45, 2.75) is 58.3 Å². The Bertz CT molecular complexity index is 863. The fourth-order valence-electron chi connectivity index (χ4n) is 2.96. The van der Waals surface area contributed by atoms with E-state index in [4.69, 9.17) is 9.47 Å². The number of ether oxygens (including phenoxy) is 2. The Hall–Kier alpha value is -3.35. The maximum absolute atomic E-state index is 12.9. The van der Waals surface area contributed by atoms with Gasteiger partial charge in [0.15, 0.2) is 5.78 Å². The average Bonchev–Trinajstić information content (AvgIpc) is 2.76. The Kier molecular flexibility index (Phi) is 9.73. The first-order valence-corrected chi connectivity index (χ1v) is 10.8. The molecule has 0 heterocycles. The molecule has 32 heavy (non-hydrogen) atoms. The molecule has 0 spiro atoms. The molecule has 2 N–H and O–H groups in total. The van der Waals surface area contributed by atoms with Gasteiger partial charge >= 0.3 is 12.2 Å². The predicted molar refractivity (Wildman–Crippen MR) is 122 cm³/mol. The zero-order valence-corrected chi connectivity index (χ0v) is 18.9. The number of rotatable bonds is 10. The van der Waals surface area contributed by atoms with E-state index in [2.05, 4.69) is 10.6 Å². The van der Waals surface area contributed by atoms with Crippen LogP contribution in [0, 0.1) is 0 Å². The van der Waals surface area contributed by atoms with Crippen molar-refractivity contribution in [2.24, 2.45) is 0 Å². The first-order chi connectivity index (χ1) is 15.2. The summed E-state index contributed by atoms with van der Waals surface area (Å²) in [5.41, 5.74) is 0.781. The maximum atomic E-state index is 12.9. The monoisotopic (exact) mass is 440 g/mol. The zero-order chi connectivity index (χ0) is 23.4. The van der Waals surface area contributed by atoms with E-state index >= 15 is 0 Å². The summed E-state index contributed by atoms with van der Waals surface area (Å²) in [7, 11) is 0. The summed E-state index contributed by atoms with van der Waals surface area (Å²) in [6.45, 7) is 5.92. The normalized spacial score (nSPS) is 11.8. The van der Waals surface area contributed by atoms with Gasteiger partial charge in [-0.15, -0.1) is 0 Å². The van der Waals surface area contributed by atoms with Gasteiger partial charge in [0.25, 0.3) is 0 Å². The Morgan fingerprint density at radius 1 is 0.875 bits per heavy atom. The summed E-state index contributed by atoms with van der Waals surface area (Å²) >= 11 is 0. The van der Waals surface area contributed by atoms with Crippen LogP contribution in [0.5, 0.6) is 0 Å². The van der Waals surface area contributed by atoms with Crippen LogP contribution < -0.4 is 10.6 Å². The highest BCUT2D eigenvalue weighted by Gasteiger charge is 2.24. The molecule has 2 aromatic carbocycles. The fourth-order valence-corrected chi connectivity index (χ4v) is 2.96. The molecule has 0 aliphatic carbocycles. The van der Waals surface area contributed by atoms with Gasteiger partial charge in [-0.1, -0.05) is 60.7 Å². The highest BCUT2D eigenvalue weighted by Crippen LogP contribution is 2.12. The third kappa shape index (κ3) is 9.64. The van der Waals surface area contributed by atoms with Crippen molar-refractivity contribution in [3.63, 3.8) is 0 Å². The second-order valence-electron chi connectivity index (χ2n) is 8.41. The molecule has 0 aliphatic rings. The third-order valence-corrected chi connectivity index (χ3v) is 4.47. The number of benzene rings is 2. The SMILES string of the molecule is CC(C)(C)OC(=O)N[C@@H](CCCCNC(=O)OCc1ccccc1)C(=O)c1ccccc1. The smallest absolute Gasteiger partial charge is 0.408 e. The van der Waals surface area contributed by atoms with E-state index in [1.54, 1.807) is 45.0 Å². The van der Waals surface area contributed by atoms with E-state index < -0.39 is 23.8 Å². The molecule has 0 aromatic heterocycles. The summed E-state index contributed by atoms with van der Waals surface area (Å²) in [6.07, 6.45) is 0.563. The molecule has 0 radical (unpaired) electrons. The average molecular weight is 441 g/mol. The largest absolute Gasteiger partial charge is 0.445 e. The molecule has 0 fully saturated rings. The number of hydrogen-bond donors (Lipinski definition) is 2. The first kappa shape index (κ1) is 24.9. The lowest BCUT2D eigenvalue weighted by atomic mass is 9.99. The highest BCUT2D eigenvalue weighted by molar-refractivity contribution is 6.01. The van der Waals surface area contributed by atoms with E-state index in [9.17, 15) is 14.4 Å². The molecule has 2 amide bonds. The highest BCUT2D eigenvalue weighted by atomic mass is 16.6. The van der Waals surface area contributed by atoms with Crippen LogP contribution in [-0.2, 0) is 16.1 Å². The lowest BCUT2D eigenvalue weighted by molar-refractivity contribution is 0.0488. The van der Waals surface area contributed by atoms with Gasteiger partial charge in [-0.05, 0) is 45.6 Å². The summed E-state index contributed by atoms with van der Waals surface area (Å²) < 4.78 is 10.5. The quantitative estimate of drug-likeness (QED) is 0.406. The number of nitrogens with one attached hydrogen (secondary N) is 2. The number of Topliss-reactive ketones (excluding diaryl/α,β-unsaturated/α-hetero) is 1. The van der Waals surface area contributed by atoms with Gasteiger partial charge in [0.05, 0.1) is 6.04 Å². The Morgan fingerprint density at radius 2 is 1.50 bits per heavy atom. The molecule has 0 saturated heterocycles. The Labute approximate surface area is 189 Å². The van der Waals surface area contributed by atoms with Gasteiger partial charge in [0.2, 0.25) is 0 Å². The fraction of sp³-hybridized carbons (Fsp3) is 0.400. The standard InChI is InChI=1S/C25H32N2O5/c1-25(2,3)32-24(30)27-21(22(28)20-14-8-5-9-15-20)16-10-11-17-26-23(29)31-18-19-12-6-4-7-13-19/h4-9,12-15,21H,10-11,16-18H2,1-3H3,(H,26,29)(H,27,30)/t21-/m0/s1. The van der Waals surface area contributed by atoms with Crippen LogP contribution >= 0.6 is 0 Å². The van der Waals surface area contributed by atoms with Gasteiger partial charge in [-0.3, -0.25) is 4.79 Å². The number of carbonyl (C=O) groups excluding carboxylic acids is 3. The molecule has 0 bridgehead atoms. The minimum Gasteiger partial charge on any atom is -0.445 e. The molecule has 2 rings (SSSR count). The summed E-state index contributed by atoms with van der Waals surface area (Å²) in [4.78, 5) is 36.9. The molecule has 2 aromatic rings. The Balaban J connectivity index is 1.79. The molecule has 7 heteroatoms. The molecule has 0 saturated carbocycles. The van der Waals surface area contributed by atoms with Crippen molar-refractivity contribution in [3.8, 4) is 0 Å². The van der Waals surface area contributed by atoms with Crippen LogP contribution in [0.1, 0.15) is 56.0 Å². The van der Waals surface area contributed by atoms with E-state index in [0.717, 1.165) is 5.56 Å². The summed E-state index contributed by atoms with van der Waals surface area (Å²) in [5.74, 6) is -0.174. The summed E-state index contributed by atoms with van der Waals surface area (Å²) in [5, 5.41) is 5.39. The van der Waals surface area contributed by atoms with Crippen molar-refractivity contribution in [2.75, 3.05) is 6.54 Å². The van der Waals surface area contributed by atoms with Crippen molar-refractivity contribution in [3.05, 3.63) is 71.8 Å². The number of ketones is 1. The molecule has 172 valence electrons. The topological polar surface area (TPSA) is 93.7 Å². The third-order valence-electron chi connectivity index (χ3n) is 4.47. The van der Waals surface area contributed by atoms with Gasteiger partial charge in [-0.2, -0.15) is 0 Å². The zero-order valence-electron chi connectivity index (χ0n) is 18.9. The van der Waals surface area contributed by atoms with Crippen LogP contribution in [0.4, 0.5) is 9.59 Å². The number of carbonyl (C=O) groups is 3. The van der Waals surface area contributed by atoms with Crippen LogP contribution in [0.25, 0.3) is 0 Å². The minimum absolute atomic E-state index is 0.174. The van der Waals surface area contributed by atoms with Crippen molar-refractivity contribution in [1.29, 1.82) is 0 Å². The van der Waals surface area contributed by atoms with Crippen molar-refractivity contribution in [1.82, 2.24) is 10.6 Å². The predicted octanol–water partition coefficient (Wildman–Crippen LogP) is 4.86. The lowest BCUT2D eigenvalue weighted by Gasteiger charge is -2.23. The van der Waals surface area contributed by atoms with E-state index in [1.807, 2.05) is 36.4 Å². The van der Waals surface area contributed by atoms with E-state index in [0.29, 0.717) is 31.4 Å². The second kappa shape index (κ2) is 12.5. The van der Waals surface area contributed by atoms with Crippen molar-refractivity contribution >= 4 is 18.0 Å². The second-order valence-corrected chi connectivity index (χ2v) is 8.41. The van der Waals surface area contributed by atoms with Crippen LogP contribution in [0.3, 0.4) is 0 Å². The molecule has 1 atom stereocenters. The summed E-state index contributed by atoms with van der Waals surface area (Å²) in [6, 6.07) is 17.6. The van der Waals surface area contributed by atoms with E-state index in [1.165, 1.54) is 0 Å². The number of hydrogen-bond acceptors (Lipinski definition) is 5. The van der Waals surface area contributed by atoms with Crippen LogP contribution in [0.2, 0.25) is 0 Å². The van der Waals surface area contributed by atoms with Gasteiger partial charge in [-0.25, -0.2) is 9.59 Å². The molecule has 0 aliphatic heterocycles. The van der Waals surface area contributed by atoms with Crippen LogP contribution in [-0.4, -0.2) is 36.2 Å². The van der Waals surface area contributed by atoms with E-state index in [-0.39, 0.29) is 12.4 Å². The van der Waals surface area contributed by atoms with Gasteiger partial charge in [0.1, 0.15) is 12.2 Å². The van der Waals surface area contributed by atoms with Crippen molar-refractivity contribution < 1.29 is 23.9 Å². The molecule has 0 unspecified atom stereocenters. The van der Waals surface area contributed by atoms with Gasteiger partial charge in [0, 0.05) is 12.1 Å². The molecular weight excluding hydrogens is 408 g/mol. The number of unbranched alkanes of at least 4 members (excludes halogenated alkanes) is 1. The first-order valence-electron chi connectivity index (χ1n) is 10.8.